The summed E-state index contributed by atoms with van der Waals surface area (Å²) >= 11 is 0. The molecule has 1 fully saturated rings. The number of hydrogen-bond donors (Lipinski definition) is 0. The zero-order valence-corrected chi connectivity index (χ0v) is 11.8. The molecule has 0 N–H and O–H groups in total. The molecule has 3 unspecified atom stereocenters. The van der Waals surface area contributed by atoms with E-state index in [1.165, 1.54) is 64.2 Å². The molecule has 0 bridgehead atoms. The molecule has 0 heteroatoms. The van der Waals surface area contributed by atoms with Crippen LogP contribution in [-0.2, 0) is 0 Å². The van der Waals surface area contributed by atoms with Gasteiger partial charge in [0.1, 0.15) is 0 Å². The average Bonchev–Trinajstić information content (AvgIpc) is 2.74. The summed E-state index contributed by atoms with van der Waals surface area (Å²) in [5.41, 5.74) is 0. The highest BCUT2D eigenvalue weighted by molar-refractivity contribution is 4.77. The van der Waals surface area contributed by atoms with Crippen LogP contribution in [0.5, 0.6) is 0 Å². The molecule has 0 radical (unpaired) electrons. The lowest BCUT2D eigenvalue weighted by Crippen LogP contribution is -2.08. The van der Waals surface area contributed by atoms with Crippen molar-refractivity contribution >= 4 is 0 Å². The first-order valence-electron chi connectivity index (χ1n) is 7.77. The Balaban J connectivity index is 2.08. The Morgan fingerprint density at radius 2 is 1.75 bits per heavy atom. The van der Waals surface area contributed by atoms with Gasteiger partial charge in [-0.25, -0.2) is 0 Å². The van der Waals surface area contributed by atoms with Crippen molar-refractivity contribution < 1.29 is 0 Å². The first-order valence-corrected chi connectivity index (χ1v) is 7.77. The van der Waals surface area contributed by atoms with Crippen LogP contribution < -0.4 is 0 Å². The predicted molar refractivity (Wildman–Crippen MR) is 73.7 cm³/mol. The van der Waals surface area contributed by atoms with E-state index < -0.39 is 0 Å². The Morgan fingerprint density at radius 3 is 2.44 bits per heavy atom. The van der Waals surface area contributed by atoms with Gasteiger partial charge in [0.2, 0.25) is 0 Å². The highest BCUT2D eigenvalue weighted by atomic mass is 14.3. The van der Waals surface area contributed by atoms with Gasteiger partial charge in [-0.15, -0.1) is 0 Å². The van der Waals surface area contributed by atoms with E-state index in [1.807, 2.05) is 0 Å². The number of hydrogen-bond acceptors (Lipinski definition) is 0. The fourth-order valence-corrected chi connectivity index (χ4v) is 3.42. The summed E-state index contributed by atoms with van der Waals surface area (Å²) in [7, 11) is 0. The van der Waals surface area contributed by atoms with E-state index in [0.717, 1.165) is 17.8 Å². The summed E-state index contributed by atoms with van der Waals surface area (Å²) in [6.45, 7) is 7.15. The highest BCUT2D eigenvalue weighted by Gasteiger charge is 2.25. The minimum atomic E-state index is 0.977. The molecule has 0 heterocycles. The summed E-state index contributed by atoms with van der Waals surface area (Å²) in [5.74, 6) is 3.13. The van der Waals surface area contributed by atoms with Crippen LogP contribution in [0.25, 0.3) is 0 Å². The van der Waals surface area contributed by atoms with Crippen molar-refractivity contribution in [2.45, 2.75) is 85.0 Å². The van der Waals surface area contributed by atoms with Crippen LogP contribution >= 0.6 is 0 Å². The lowest BCUT2D eigenvalue weighted by molar-refractivity contribution is 0.316. The minimum absolute atomic E-state index is 0.977. The molecule has 1 saturated carbocycles. The topological polar surface area (TPSA) is 0 Å². The van der Waals surface area contributed by atoms with Gasteiger partial charge in [-0.05, 0) is 24.2 Å². The van der Waals surface area contributed by atoms with E-state index >= 15 is 0 Å². The fourth-order valence-electron chi connectivity index (χ4n) is 3.42. The van der Waals surface area contributed by atoms with Crippen molar-refractivity contribution in [2.75, 3.05) is 0 Å². The van der Waals surface area contributed by atoms with E-state index in [1.54, 1.807) is 0 Å². The molecule has 16 heavy (non-hydrogen) atoms. The molecule has 0 amide bonds. The lowest BCUT2D eigenvalue weighted by atomic mass is 9.86. The van der Waals surface area contributed by atoms with Crippen LogP contribution in [-0.4, -0.2) is 0 Å². The molecule has 1 rings (SSSR count). The van der Waals surface area contributed by atoms with Gasteiger partial charge < -0.3 is 0 Å². The van der Waals surface area contributed by atoms with Crippen molar-refractivity contribution in [2.24, 2.45) is 17.8 Å². The lowest BCUT2D eigenvalue weighted by Gasteiger charge is -2.20. The predicted octanol–water partition coefficient (Wildman–Crippen LogP) is 5.81. The van der Waals surface area contributed by atoms with Crippen LogP contribution in [0.2, 0.25) is 0 Å². The molecular weight excluding hydrogens is 192 g/mol. The van der Waals surface area contributed by atoms with Gasteiger partial charge in [-0.3, -0.25) is 0 Å². The monoisotopic (exact) mass is 224 g/mol. The van der Waals surface area contributed by atoms with Crippen molar-refractivity contribution in [3.63, 3.8) is 0 Å². The molecule has 1 aliphatic rings. The van der Waals surface area contributed by atoms with Gasteiger partial charge in [0.25, 0.3) is 0 Å². The summed E-state index contributed by atoms with van der Waals surface area (Å²) in [6.07, 6.45) is 14.7. The van der Waals surface area contributed by atoms with E-state index in [2.05, 4.69) is 20.8 Å². The third kappa shape index (κ3) is 4.89. The highest BCUT2D eigenvalue weighted by Crippen LogP contribution is 2.37. The zero-order chi connectivity index (χ0) is 11.8. The Bertz CT molecular complexity index is 161. The van der Waals surface area contributed by atoms with Crippen LogP contribution in [0.3, 0.4) is 0 Å². The van der Waals surface area contributed by atoms with Gasteiger partial charge in [0.15, 0.2) is 0 Å². The van der Waals surface area contributed by atoms with Gasteiger partial charge in [-0.1, -0.05) is 78.6 Å². The second kappa shape index (κ2) is 8.14. The molecule has 1 aliphatic carbocycles. The Kier molecular flexibility index (Phi) is 7.16. The Labute approximate surface area is 103 Å². The van der Waals surface area contributed by atoms with Crippen molar-refractivity contribution in [1.82, 2.24) is 0 Å². The van der Waals surface area contributed by atoms with E-state index in [4.69, 9.17) is 0 Å². The smallest absolute Gasteiger partial charge is 0.0386 e. The van der Waals surface area contributed by atoms with Crippen LogP contribution in [0.4, 0.5) is 0 Å². The maximum Gasteiger partial charge on any atom is -0.0386 e. The van der Waals surface area contributed by atoms with E-state index in [0.29, 0.717) is 0 Å². The van der Waals surface area contributed by atoms with Gasteiger partial charge in [-0.2, -0.15) is 0 Å². The Morgan fingerprint density at radius 1 is 1.00 bits per heavy atom. The number of rotatable bonds is 8. The molecule has 3 atom stereocenters. The molecule has 0 spiro atoms. The SMILES string of the molecule is CCCCCC(C)CCC1CCCC1CC. The van der Waals surface area contributed by atoms with Crippen molar-refractivity contribution in [1.29, 1.82) is 0 Å². The van der Waals surface area contributed by atoms with E-state index in [-0.39, 0.29) is 0 Å². The molecular formula is C16H32. The van der Waals surface area contributed by atoms with Crippen LogP contribution in [0.15, 0.2) is 0 Å². The average molecular weight is 224 g/mol. The first kappa shape index (κ1) is 14.1. The number of unbranched alkanes of at least 4 members (excludes halogenated alkanes) is 2. The molecule has 0 aromatic rings. The zero-order valence-electron chi connectivity index (χ0n) is 11.8. The Hall–Kier alpha value is 0. The van der Waals surface area contributed by atoms with E-state index in [9.17, 15) is 0 Å². The minimum Gasteiger partial charge on any atom is -0.0654 e. The van der Waals surface area contributed by atoms with Gasteiger partial charge >= 0.3 is 0 Å². The summed E-state index contributed by atoms with van der Waals surface area (Å²) in [4.78, 5) is 0. The second-order valence-corrected chi connectivity index (χ2v) is 6.04. The first-order chi connectivity index (χ1) is 7.77. The van der Waals surface area contributed by atoms with Gasteiger partial charge in [0.05, 0.1) is 0 Å². The molecule has 0 saturated heterocycles. The summed E-state index contributed by atoms with van der Waals surface area (Å²) in [5, 5.41) is 0. The molecule has 96 valence electrons. The normalized spacial score (nSPS) is 27.2. The van der Waals surface area contributed by atoms with Gasteiger partial charge in [0, 0.05) is 0 Å². The maximum atomic E-state index is 2.46. The quantitative estimate of drug-likeness (QED) is 0.456. The molecule has 0 aromatic carbocycles. The maximum absolute atomic E-state index is 2.46. The van der Waals surface area contributed by atoms with Crippen LogP contribution in [0, 0.1) is 17.8 Å². The standard InChI is InChI=1S/C16H32/c1-4-6-7-9-14(3)12-13-16-11-8-10-15(16)5-2/h14-16H,4-13H2,1-3H3. The van der Waals surface area contributed by atoms with Crippen LogP contribution in [0.1, 0.15) is 85.0 Å². The van der Waals surface area contributed by atoms with Crippen molar-refractivity contribution in [3.05, 3.63) is 0 Å². The molecule has 0 aromatic heterocycles. The third-order valence-corrected chi connectivity index (χ3v) is 4.67. The second-order valence-electron chi connectivity index (χ2n) is 6.04. The summed E-state index contributed by atoms with van der Waals surface area (Å²) in [6, 6.07) is 0. The third-order valence-electron chi connectivity index (χ3n) is 4.67. The largest absolute Gasteiger partial charge is 0.0654 e. The summed E-state index contributed by atoms with van der Waals surface area (Å²) < 4.78 is 0. The van der Waals surface area contributed by atoms with Crippen molar-refractivity contribution in [3.8, 4) is 0 Å². The molecule has 0 aliphatic heterocycles. The fraction of sp³-hybridized carbons (Fsp3) is 1.00. The molecule has 0 nitrogen and oxygen atoms in total.